The lowest BCUT2D eigenvalue weighted by Crippen LogP contribution is -2.29. The minimum atomic E-state index is -4.97. The molecular weight excluding hydrogens is 551 g/mol. The molecule has 1 aliphatic carbocycles. The molecule has 1 saturated carbocycles. The lowest BCUT2D eigenvalue weighted by molar-refractivity contribution is -0.153. The molecule has 8 nitrogen and oxygen atoms in total. The predicted molar refractivity (Wildman–Crippen MR) is 141 cm³/mol. The molecule has 2 N–H and O–H groups in total. The molecule has 0 aliphatic heterocycles. The van der Waals surface area contributed by atoms with Crippen LogP contribution in [0.5, 0.6) is 0 Å². The van der Waals surface area contributed by atoms with Gasteiger partial charge in [-0.3, -0.25) is 14.4 Å². The number of ether oxygens (including phenoxy) is 1. The summed E-state index contributed by atoms with van der Waals surface area (Å²) in [5.74, 6) is -3.48. The molecule has 2 aromatic carbocycles. The van der Waals surface area contributed by atoms with Gasteiger partial charge in [-0.2, -0.15) is 13.2 Å². The minimum Gasteiger partial charge on any atom is -0.463 e. The summed E-state index contributed by atoms with van der Waals surface area (Å²) in [4.78, 5) is 39.7. The number of halogens is 4. The third-order valence-electron chi connectivity index (χ3n) is 6.51. The van der Waals surface area contributed by atoms with Gasteiger partial charge in [-0.25, -0.2) is 4.98 Å². The Balaban J connectivity index is 1.29. The molecule has 3 aromatic rings. The first-order chi connectivity index (χ1) is 19.0. The zero-order valence-electron chi connectivity index (χ0n) is 21.5. The molecule has 1 heterocycles. The van der Waals surface area contributed by atoms with Crippen molar-refractivity contribution in [2.24, 2.45) is 0 Å². The van der Waals surface area contributed by atoms with Crippen LogP contribution in [0.15, 0.2) is 52.9 Å². The third kappa shape index (κ3) is 7.41. The molecule has 0 radical (unpaired) electrons. The number of carbonyl (C=O) groups is 3. The monoisotopic (exact) mass is 577 g/mol. The molecule has 1 aliphatic rings. The summed E-state index contributed by atoms with van der Waals surface area (Å²) in [6.45, 7) is 1.19. The van der Waals surface area contributed by atoms with Crippen LogP contribution >= 0.6 is 11.6 Å². The van der Waals surface area contributed by atoms with E-state index >= 15 is 0 Å². The maximum atomic E-state index is 13.5. The Labute approximate surface area is 233 Å². The van der Waals surface area contributed by atoms with Crippen LogP contribution in [0.25, 0.3) is 11.5 Å². The third-order valence-corrected chi connectivity index (χ3v) is 6.84. The first kappa shape index (κ1) is 29.1. The van der Waals surface area contributed by atoms with Crippen LogP contribution in [-0.2, 0) is 20.5 Å². The number of anilines is 1. The Morgan fingerprint density at radius 3 is 2.35 bits per heavy atom. The van der Waals surface area contributed by atoms with E-state index in [9.17, 15) is 27.6 Å². The van der Waals surface area contributed by atoms with Gasteiger partial charge in [-0.05, 0) is 61.4 Å². The molecule has 0 atom stereocenters. The number of benzene rings is 2. The van der Waals surface area contributed by atoms with Crippen molar-refractivity contribution in [3.63, 3.8) is 0 Å². The predicted octanol–water partition coefficient (Wildman–Crippen LogP) is 6.36. The summed E-state index contributed by atoms with van der Waals surface area (Å²) in [7, 11) is 0. The molecule has 0 saturated heterocycles. The van der Waals surface area contributed by atoms with E-state index in [0.29, 0.717) is 11.6 Å². The number of alkyl halides is 3. The van der Waals surface area contributed by atoms with Gasteiger partial charge >= 0.3 is 12.1 Å². The zero-order valence-corrected chi connectivity index (χ0v) is 22.3. The van der Waals surface area contributed by atoms with Crippen molar-refractivity contribution in [2.45, 2.75) is 57.2 Å². The lowest BCUT2D eigenvalue weighted by Gasteiger charge is -2.28. The standard InChI is InChI=1S/C28H27ClF3N3O5/c1-16(36)39-20-12-8-18(9-13-20)17-6-10-19(11-7-17)34-23(37)14-15-33-26(38)24-25(28(30,31)32)40-27(35-24)21-4-2-3-5-22(21)29/h2-7,10-11,18,20H,8-9,12-15H2,1H3,(H,33,38)(H,34,37). The summed E-state index contributed by atoms with van der Waals surface area (Å²) in [6, 6.07) is 13.4. The van der Waals surface area contributed by atoms with Crippen LogP contribution in [0.2, 0.25) is 5.02 Å². The molecule has 0 unspecified atom stereocenters. The Morgan fingerprint density at radius 1 is 1.05 bits per heavy atom. The molecule has 212 valence electrons. The van der Waals surface area contributed by atoms with Crippen molar-refractivity contribution in [2.75, 3.05) is 11.9 Å². The summed E-state index contributed by atoms with van der Waals surface area (Å²) >= 11 is 6.03. The van der Waals surface area contributed by atoms with Gasteiger partial charge in [0.05, 0.1) is 10.6 Å². The second-order valence-corrected chi connectivity index (χ2v) is 9.84. The van der Waals surface area contributed by atoms with E-state index in [1.807, 2.05) is 12.1 Å². The fourth-order valence-electron chi connectivity index (χ4n) is 4.60. The Kier molecular flexibility index (Phi) is 9.14. The van der Waals surface area contributed by atoms with Crippen LogP contribution in [0.1, 0.15) is 66.8 Å². The summed E-state index contributed by atoms with van der Waals surface area (Å²) < 4.78 is 50.7. The summed E-state index contributed by atoms with van der Waals surface area (Å²) in [5.41, 5.74) is 0.832. The van der Waals surface area contributed by atoms with Gasteiger partial charge in [0.1, 0.15) is 6.10 Å². The number of carbonyl (C=O) groups excluding carboxylic acids is 3. The first-order valence-electron chi connectivity index (χ1n) is 12.7. The number of hydrogen-bond donors (Lipinski definition) is 2. The van der Waals surface area contributed by atoms with Crippen LogP contribution < -0.4 is 10.6 Å². The van der Waals surface area contributed by atoms with Crippen LogP contribution in [0.4, 0.5) is 18.9 Å². The van der Waals surface area contributed by atoms with Gasteiger partial charge in [0.2, 0.25) is 17.6 Å². The van der Waals surface area contributed by atoms with Crippen LogP contribution in [0.3, 0.4) is 0 Å². The van der Waals surface area contributed by atoms with E-state index < -0.39 is 35.3 Å². The first-order valence-corrected chi connectivity index (χ1v) is 13.1. The minimum absolute atomic E-state index is 0.0402. The number of amides is 2. The Hall–Kier alpha value is -3.86. The highest BCUT2D eigenvalue weighted by Gasteiger charge is 2.42. The maximum absolute atomic E-state index is 13.5. The zero-order chi connectivity index (χ0) is 28.9. The molecular formula is C28H27ClF3N3O5. The number of rotatable bonds is 8. The number of esters is 1. The van der Waals surface area contributed by atoms with E-state index in [4.69, 9.17) is 20.8 Å². The fraction of sp³-hybridized carbons (Fsp3) is 0.357. The SMILES string of the molecule is CC(=O)OC1CCC(c2ccc(NC(=O)CCNC(=O)c3nc(-c4ccccc4Cl)oc3C(F)(F)F)cc2)CC1. The molecule has 0 bridgehead atoms. The molecule has 1 aromatic heterocycles. The van der Waals surface area contributed by atoms with Crippen molar-refractivity contribution >= 4 is 35.1 Å². The second-order valence-electron chi connectivity index (χ2n) is 9.43. The van der Waals surface area contributed by atoms with Gasteiger partial charge in [-0.15, -0.1) is 0 Å². The number of aromatic nitrogens is 1. The number of nitrogens with one attached hydrogen (secondary N) is 2. The maximum Gasteiger partial charge on any atom is 0.452 e. The van der Waals surface area contributed by atoms with Gasteiger partial charge in [0.15, 0.2) is 5.69 Å². The molecule has 4 rings (SSSR count). The van der Waals surface area contributed by atoms with E-state index in [1.165, 1.54) is 19.1 Å². The summed E-state index contributed by atoms with van der Waals surface area (Å²) in [6.07, 6.45) is -1.80. The number of nitrogens with zero attached hydrogens (tertiary/aromatic N) is 1. The second kappa shape index (κ2) is 12.5. The van der Waals surface area contributed by atoms with E-state index in [2.05, 4.69) is 15.6 Å². The normalized spacial score (nSPS) is 17.2. The highest BCUT2D eigenvalue weighted by molar-refractivity contribution is 6.33. The van der Waals surface area contributed by atoms with Crippen molar-refractivity contribution in [3.05, 3.63) is 70.6 Å². The van der Waals surface area contributed by atoms with E-state index in [0.717, 1.165) is 31.2 Å². The van der Waals surface area contributed by atoms with Gasteiger partial charge in [0, 0.05) is 25.6 Å². The van der Waals surface area contributed by atoms with Crippen molar-refractivity contribution in [1.82, 2.24) is 10.3 Å². The highest BCUT2D eigenvalue weighted by atomic mass is 35.5. The van der Waals surface area contributed by atoms with Crippen LogP contribution in [0, 0.1) is 0 Å². The Bertz CT molecular complexity index is 1370. The molecule has 12 heteroatoms. The van der Waals surface area contributed by atoms with Gasteiger partial charge < -0.3 is 19.8 Å². The molecule has 1 fully saturated rings. The largest absolute Gasteiger partial charge is 0.463 e. The van der Waals surface area contributed by atoms with E-state index in [-0.39, 0.29) is 35.6 Å². The van der Waals surface area contributed by atoms with Crippen molar-refractivity contribution < 1.29 is 36.7 Å². The molecule has 40 heavy (non-hydrogen) atoms. The van der Waals surface area contributed by atoms with Gasteiger partial charge in [0.25, 0.3) is 5.91 Å². The average molecular weight is 578 g/mol. The fourth-order valence-corrected chi connectivity index (χ4v) is 4.82. The van der Waals surface area contributed by atoms with Gasteiger partial charge in [-0.1, -0.05) is 35.9 Å². The number of hydrogen-bond acceptors (Lipinski definition) is 6. The smallest absolute Gasteiger partial charge is 0.452 e. The average Bonchev–Trinajstić information content (AvgIpc) is 3.36. The van der Waals surface area contributed by atoms with Crippen LogP contribution in [-0.4, -0.2) is 35.4 Å². The Morgan fingerprint density at radius 2 is 1.73 bits per heavy atom. The topological polar surface area (TPSA) is 111 Å². The lowest BCUT2D eigenvalue weighted by atomic mass is 9.82. The van der Waals surface area contributed by atoms with Crippen molar-refractivity contribution in [1.29, 1.82) is 0 Å². The highest BCUT2D eigenvalue weighted by Crippen LogP contribution is 2.37. The quantitative estimate of drug-likeness (QED) is 0.301. The molecule has 2 amide bonds. The summed E-state index contributed by atoms with van der Waals surface area (Å²) in [5, 5.41) is 5.11. The number of oxazole rings is 1. The molecule has 0 spiro atoms. The van der Waals surface area contributed by atoms with E-state index in [1.54, 1.807) is 24.3 Å². The van der Waals surface area contributed by atoms with Crippen molar-refractivity contribution in [3.8, 4) is 11.5 Å².